The van der Waals surface area contributed by atoms with Crippen molar-refractivity contribution in [1.29, 1.82) is 0 Å². The van der Waals surface area contributed by atoms with Crippen LogP contribution in [-0.4, -0.2) is 12.9 Å². The van der Waals surface area contributed by atoms with Crippen molar-refractivity contribution < 1.29 is 9.53 Å². The van der Waals surface area contributed by atoms with Gasteiger partial charge in [0.15, 0.2) is 0 Å². The van der Waals surface area contributed by atoms with Crippen molar-refractivity contribution in [2.45, 2.75) is 19.3 Å². The van der Waals surface area contributed by atoms with Crippen LogP contribution in [0.15, 0.2) is 24.3 Å². The van der Waals surface area contributed by atoms with Gasteiger partial charge in [-0.25, -0.2) is 0 Å². The molecule has 0 saturated heterocycles. The first kappa shape index (κ1) is 9.25. The Morgan fingerprint density at radius 1 is 1.36 bits per heavy atom. The van der Waals surface area contributed by atoms with E-state index in [-0.39, 0.29) is 5.92 Å². The summed E-state index contributed by atoms with van der Waals surface area (Å²) in [6, 6.07) is 7.99. The summed E-state index contributed by atoms with van der Waals surface area (Å²) in [7, 11) is 1.66. The number of ketones is 1. The molecule has 2 rings (SSSR count). The number of rotatable bonds is 3. The second-order valence-corrected chi connectivity index (χ2v) is 3.83. The van der Waals surface area contributed by atoms with Crippen LogP contribution in [0.2, 0.25) is 0 Å². The molecule has 0 aliphatic heterocycles. The van der Waals surface area contributed by atoms with Gasteiger partial charge in [-0.3, -0.25) is 4.79 Å². The molecule has 0 bridgehead atoms. The maximum atomic E-state index is 11.1. The van der Waals surface area contributed by atoms with E-state index in [2.05, 4.69) is 0 Å². The number of benzene rings is 1. The van der Waals surface area contributed by atoms with Crippen molar-refractivity contribution >= 4 is 5.78 Å². The van der Waals surface area contributed by atoms with Crippen molar-refractivity contribution in [2.75, 3.05) is 7.11 Å². The summed E-state index contributed by atoms with van der Waals surface area (Å²) in [5.74, 6) is 1.90. The molecule has 0 amide bonds. The summed E-state index contributed by atoms with van der Waals surface area (Å²) in [4.78, 5) is 11.1. The maximum Gasteiger partial charge on any atom is 0.133 e. The minimum atomic E-state index is 0.267. The van der Waals surface area contributed by atoms with Gasteiger partial charge in [-0.05, 0) is 37.0 Å². The van der Waals surface area contributed by atoms with E-state index in [1.165, 1.54) is 5.56 Å². The molecule has 2 heteroatoms. The highest BCUT2D eigenvalue weighted by Gasteiger charge is 2.41. The van der Waals surface area contributed by atoms with E-state index < -0.39 is 0 Å². The molecule has 0 radical (unpaired) electrons. The summed E-state index contributed by atoms with van der Waals surface area (Å²) >= 11 is 0. The highest BCUT2D eigenvalue weighted by molar-refractivity contribution is 5.82. The number of ether oxygens (including phenoxy) is 1. The molecule has 0 spiro atoms. The number of carbonyl (C=O) groups is 1. The second-order valence-electron chi connectivity index (χ2n) is 3.83. The van der Waals surface area contributed by atoms with Gasteiger partial charge in [0.1, 0.15) is 11.5 Å². The number of hydrogen-bond acceptors (Lipinski definition) is 2. The summed E-state index contributed by atoms with van der Waals surface area (Å²) in [5, 5.41) is 0. The van der Waals surface area contributed by atoms with E-state index in [0.29, 0.717) is 11.7 Å². The quantitative estimate of drug-likeness (QED) is 0.731. The molecule has 0 N–H and O–H groups in total. The highest BCUT2D eigenvalue weighted by Crippen LogP contribution is 2.48. The van der Waals surface area contributed by atoms with Gasteiger partial charge < -0.3 is 4.74 Å². The van der Waals surface area contributed by atoms with Crippen LogP contribution in [-0.2, 0) is 4.79 Å². The fourth-order valence-corrected chi connectivity index (χ4v) is 1.86. The normalized spacial score (nSPS) is 24.4. The standard InChI is InChI=1S/C12H14O2/c1-8(13)11-7-12(11)9-3-5-10(14-2)6-4-9/h3-6,11-12H,7H2,1-2H3/t11-,12?/m1/s1. The van der Waals surface area contributed by atoms with Crippen LogP contribution in [0.4, 0.5) is 0 Å². The molecular weight excluding hydrogens is 176 g/mol. The summed E-state index contributed by atoms with van der Waals surface area (Å²) in [5.41, 5.74) is 1.26. The summed E-state index contributed by atoms with van der Waals surface area (Å²) < 4.78 is 5.08. The van der Waals surface area contributed by atoms with Crippen LogP contribution in [0.3, 0.4) is 0 Å². The lowest BCUT2D eigenvalue weighted by atomic mass is 10.1. The van der Waals surface area contributed by atoms with E-state index in [4.69, 9.17) is 4.74 Å². The van der Waals surface area contributed by atoms with Gasteiger partial charge >= 0.3 is 0 Å². The zero-order chi connectivity index (χ0) is 10.1. The van der Waals surface area contributed by atoms with Gasteiger partial charge in [-0.15, -0.1) is 0 Å². The lowest BCUT2D eigenvalue weighted by Crippen LogP contribution is -1.94. The van der Waals surface area contributed by atoms with Crippen LogP contribution < -0.4 is 4.74 Å². The van der Waals surface area contributed by atoms with Crippen LogP contribution in [0.25, 0.3) is 0 Å². The predicted molar refractivity (Wildman–Crippen MR) is 54.5 cm³/mol. The Hall–Kier alpha value is -1.31. The predicted octanol–water partition coefficient (Wildman–Crippen LogP) is 2.39. The molecular formula is C12H14O2. The topological polar surface area (TPSA) is 26.3 Å². The monoisotopic (exact) mass is 190 g/mol. The van der Waals surface area contributed by atoms with Crippen molar-refractivity contribution in [1.82, 2.24) is 0 Å². The average molecular weight is 190 g/mol. The highest BCUT2D eigenvalue weighted by atomic mass is 16.5. The molecule has 2 atom stereocenters. The van der Waals surface area contributed by atoms with Crippen molar-refractivity contribution in [2.24, 2.45) is 5.92 Å². The fourth-order valence-electron chi connectivity index (χ4n) is 1.86. The van der Waals surface area contributed by atoms with Crippen LogP contribution >= 0.6 is 0 Å². The molecule has 0 heterocycles. The van der Waals surface area contributed by atoms with Gasteiger partial charge in [0.2, 0.25) is 0 Å². The van der Waals surface area contributed by atoms with Crippen LogP contribution in [0.1, 0.15) is 24.8 Å². The van der Waals surface area contributed by atoms with E-state index in [1.54, 1.807) is 14.0 Å². The van der Waals surface area contributed by atoms with Gasteiger partial charge in [0.05, 0.1) is 7.11 Å². The molecule has 1 aliphatic rings. The first-order valence-corrected chi connectivity index (χ1v) is 4.87. The molecule has 14 heavy (non-hydrogen) atoms. The number of carbonyl (C=O) groups excluding carboxylic acids is 1. The Bertz CT molecular complexity index is 340. The number of hydrogen-bond donors (Lipinski definition) is 0. The molecule has 0 aromatic heterocycles. The lowest BCUT2D eigenvalue weighted by molar-refractivity contribution is -0.118. The van der Waals surface area contributed by atoms with Crippen LogP contribution in [0, 0.1) is 5.92 Å². The van der Waals surface area contributed by atoms with Gasteiger partial charge in [-0.2, -0.15) is 0 Å². The molecule has 1 unspecified atom stereocenters. The first-order chi connectivity index (χ1) is 6.72. The summed E-state index contributed by atoms with van der Waals surface area (Å²) in [6.45, 7) is 1.67. The SMILES string of the molecule is COc1ccc(C2C[C@@H]2C(C)=O)cc1. The lowest BCUT2D eigenvalue weighted by Gasteiger charge is -2.01. The zero-order valence-corrected chi connectivity index (χ0v) is 8.49. The Labute approximate surface area is 83.9 Å². The van der Waals surface area contributed by atoms with E-state index in [1.807, 2.05) is 24.3 Å². The molecule has 1 saturated carbocycles. The smallest absolute Gasteiger partial charge is 0.133 e. The first-order valence-electron chi connectivity index (χ1n) is 4.87. The second kappa shape index (κ2) is 3.45. The third kappa shape index (κ3) is 1.65. The molecule has 1 aromatic carbocycles. The number of methoxy groups -OCH3 is 1. The Morgan fingerprint density at radius 2 is 2.00 bits per heavy atom. The minimum absolute atomic E-state index is 0.267. The minimum Gasteiger partial charge on any atom is -0.497 e. The van der Waals surface area contributed by atoms with E-state index in [9.17, 15) is 4.79 Å². The maximum absolute atomic E-state index is 11.1. The third-order valence-electron chi connectivity index (χ3n) is 2.86. The van der Waals surface area contributed by atoms with Gasteiger partial charge in [0, 0.05) is 5.92 Å². The Morgan fingerprint density at radius 3 is 2.43 bits per heavy atom. The summed E-state index contributed by atoms with van der Waals surface area (Å²) in [6.07, 6.45) is 1.02. The van der Waals surface area contributed by atoms with E-state index >= 15 is 0 Å². The molecule has 1 aliphatic carbocycles. The average Bonchev–Trinajstić information content (AvgIpc) is 2.97. The van der Waals surface area contributed by atoms with Crippen LogP contribution in [0.5, 0.6) is 5.75 Å². The molecule has 74 valence electrons. The van der Waals surface area contributed by atoms with Crippen molar-refractivity contribution in [3.63, 3.8) is 0 Å². The molecule has 2 nitrogen and oxygen atoms in total. The largest absolute Gasteiger partial charge is 0.497 e. The number of Topliss-reactive ketones (excluding diaryl/α,β-unsaturated/α-hetero) is 1. The van der Waals surface area contributed by atoms with Crippen molar-refractivity contribution in [3.05, 3.63) is 29.8 Å². The van der Waals surface area contributed by atoms with Crippen molar-refractivity contribution in [3.8, 4) is 5.75 Å². The third-order valence-corrected chi connectivity index (χ3v) is 2.86. The van der Waals surface area contributed by atoms with Gasteiger partial charge in [-0.1, -0.05) is 12.1 Å². The fraction of sp³-hybridized carbons (Fsp3) is 0.417. The molecule has 1 fully saturated rings. The Kier molecular flexibility index (Phi) is 2.28. The zero-order valence-electron chi connectivity index (χ0n) is 8.49. The Balaban J connectivity index is 2.08. The molecule has 1 aromatic rings. The van der Waals surface area contributed by atoms with E-state index in [0.717, 1.165) is 12.2 Å². The van der Waals surface area contributed by atoms with Gasteiger partial charge in [0.25, 0.3) is 0 Å².